The van der Waals surface area contributed by atoms with Crippen LogP contribution in [0, 0.1) is 0 Å². The molecule has 29 heavy (non-hydrogen) atoms. The fraction of sp³-hybridized carbons (Fsp3) is 0.182. The lowest BCUT2D eigenvalue weighted by Crippen LogP contribution is -2.17. The van der Waals surface area contributed by atoms with Crippen LogP contribution in [0.1, 0.15) is 17.4 Å². The number of aliphatic imine (C=N–C) groups is 1. The van der Waals surface area contributed by atoms with Gasteiger partial charge in [-0.25, -0.2) is 0 Å². The Kier molecular flexibility index (Phi) is 5.22. The molecule has 2 heterocycles. The van der Waals surface area contributed by atoms with Crippen molar-refractivity contribution in [2.45, 2.75) is 13.5 Å². The van der Waals surface area contributed by atoms with Gasteiger partial charge in [0.2, 0.25) is 5.88 Å². The topological polar surface area (TPSA) is 73.1 Å². The SMILES string of the molecule is COc1ccccc1OCCn1c(O)c(/C=C2/C(C)=Nc3ccccc32)sc1=O. The van der Waals surface area contributed by atoms with Gasteiger partial charge in [0.05, 0.1) is 24.2 Å². The first kappa shape index (κ1) is 19.0. The summed E-state index contributed by atoms with van der Waals surface area (Å²) in [6.07, 6.45) is 1.82. The number of aromatic nitrogens is 1. The quantitative estimate of drug-likeness (QED) is 0.658. The number of hydrogen-bond acceptors (Lipinski definition) is 6. The highest BCUT2D eigenvalue weighted by atomic mass is 32.1. The Morgan fingerprint density at radius 1 is 1.14 bits per heavy atom. The molecule has 1 aromatic heterocycles. The van der Waals surface area contributed by atoms with Gasteiger partial charge in [0, 0.05) is 16.8 Å². The second-order valence-electron chi connectivity index (χ2n) is 6.48. The molecule has 0 fully saturated rings. The predicted molar refractivity (Wildman–Crippen MR) is 116 cm³/mol. The van der Waals surface area contributed by atoms with E-state index in [1.54, 1.807) is 19.2 Å². The summed E-state index contributed by atoms with van der Waals surface area (Å²) < 4.78 is 12.3. The van der Waals surface area contributed by atoms with Gasteiger partial charge in [-0.1, -0.05) is 41.7 Å². The van der Waals surface area contributed by atoms with Gasteiger partial charge in [0.25, 0.3) is 0 Å². The molecule has 0 saturated heterocycles. The summed E-state index contributed by atoms with van der Waals surface area (Å²) in [5, 5.41) is 10.6. The lowest BCUT2D eigenvalue weighted by atomic mass is 10.0. The molecular weight excluding hydrogens is 388 g/mol. The van der Waals surface area contributed by atoms with E-state index in [0.717, 1.165) is 33.9 Å². The highest BCUT2D eigenvalue weighted by Crippen LogP contribution is 2.37. The van der Waals surface area contributed by atoms with E-state index in [4.69, 9.17) is 9.47 Å². The Morgan fingerprint density at radius 3 is 2.66 bits per heavy atom. The largest absolute Gasteiger partial charge is 0.493 e. The molecule has 0 spiro atoms. The molecule has 4 rings (SSSR count). The van der Waals surface area contributed by atoms with E-state index in [9.17, 15) is 9.90 Å². The second kappa shape index (κ2) is 7.97. The molecule has 0 amide bonds. The third-order valence-corrected chi connectivity index (χ3v) is 5.60. The van der Waals surface area contributed by atoms with Gasteiger partial charge in [-0.05, 0) is 31.2 Å². The highest BCUT2D eigenvalue weighted by Gasteiger charge is 2.20. The van der Waals surface area contributed by atoms with Crippen molar-refractivity contribution < 1.29 is 14.6 Å². The number of allylic oxidation sites excluding steroid dienone is 1. The zero-order valence-electron chi connectivity index (χ0n) is 16.1. The Hall–Kier alpha value is -3.32. The van der Waals surface area contributed by atoms with E-state index in [1.165, 1.54) is 4.57 Å². The first-order chi connectivity index (χ1) is 14.1. The zero-order valence-corrected chi connectivity index (χ0v) is 16.9. The molecule has 0 radical (unpaired) electrons. The predicted octanol–water partition coefficient (Wildman–Crippen LogP) is 4.35. The van der Waals surface area contributed by atoms with Gasteiger partial charge in [-0.15, -0.1) is 0 Å². The molecule has 2 aromatic carbocycles. The first-order valence-corrected chi connectivity index (χ1v) is 9.95. The molecule has 6 nitrogen and oxygen atoms in total. The fourth-order valence-corrected chi connectivity index (χ4v) is 4.09. The van der Waals surface area contributed by atoms with Crippen molar-refractivity contribution in [2.75, 3.05) is 13.7 Å². The maximum absolute atomic E-state index is 12.4. The van der Waals surface area contributed by atoms with Crippen molar-refractivity contribution in [3.05, 3.63) is 68.6 Å². The van der Waals surface area contributed by atoms with Gasteiger partial charge < -0.3 is 14.6 Å². The Morgan fingerprint density at radius 2 is 1.86 bits per heavy atom. The van der Waals surface area contributed by atoms with Crippen LogP contribution in [-0.2, 0) is 6.54 Å². The first-order valence-electron chi connectivity index (χ1n) is 9.13. The smallest absolute Gasteiger partial charge is 0.310 e. The number of aromatic hydroxyl groups is 1. The summed E-state index contributed by atoms with van der Waals surface area (Å²) in [7, 11) is 1.57. The normalized spacial score (nSPS) is 14.0. The summed E-state index contributed by atoms with van der Waals surface area (Å²) in [6, 6.07) is 15.1. The van der Waals surface area contributed by atoms with E-state index in [-0.39, 0.29) is 23.9 Å². The van der Waals surface area contributed by atoms with Crippen LogP contribution in [0.5, 0.6) is 17.4 Å². The Labute approximate surface area is 172 Å². The number of ether oxygens (including phenoxy) is 2. The monoisotopic (exact) mass is 408 g/mol. The Balaban J connectivity index is 1.55. The van der Waals surface area contributed by atoms with Crippen LogP contribution in [-0.4, -0.2) is 29.1 Å². The van der Waals surface area contributed by atoms with Gasteiger partial charge in [0.15, 0.2) is 11.5 Å². The van der Waals surface area contributed by atoms with Crippen molar-refractivity contribution in [3.63, 3.8) is 0 Å². The maximum atomic E-state index is 12.4. The molecule has 0 unspecified atom stereocenters. The molecule has 0 atom stereocenters. The van der Waals surface area contributed by atoms with Gasteiger partial charge in [0.1, 0.15) is 6.61 Å². The minimum atomic E-state index is -0.237. The summed E-state index contributed by atoms with van der Waals surface area (Å²) in [6.45, 7) is 2.37. The van der Waals surface area contributed by atoms with Gasteiger partial charge >= 0.3 is 4.87 Å². The van der Waals surface area contributed by atoms with Crippen LogP contribution < -0.4 is 14.3 Å². The lowest BCUT2D eigenvalue weighted by Gasteiger charge is -2.10. The van der Waals surface area contributed by atoms with E-state index in [1.807, 2.05) is 49.4 Å². The van der Waals surface area contributed by atoms with Crippen molar-refractivity contribution >= 4 is 34.4 Å². The zero-order chi connectivity index (χ0) is 20.4. The van der Waals surface area contributed by atoms with Gasteiger partial charge in [-0.3, -0.25) is 14.4 Å². The van der Waals surface area contributed by atoms with E-state index in [0.29, 0.717) is 16.4 Å². The summed E-state index contributed by atoms with van der Waals surface area (Å²) in [5.74, 6) is 1.15. The molecule has 3 aromatic rings. The Bertz CT molecular complexity index is 1170. The molecule has 0 aliphatic carbocycles. The number of rotatable bonds is 6. The number of fused-ring (bicyclic) bond motifs is 1. The van der Waals surface area contributed by atoms with Crippen LogP contribution >= 0.6 is 11.3 Å². The molecule has 0 saturated carbocycles. The van der Waals surface area contributed by atoms with Crippen molar-refractivity contribution in [1.29, 1.82) is 0 Å². The summed E-state index contributed by atoms with van der Waals surface area (Å²) in [5.41, 5.74) is 3.66. The maximum Gasteiger partial charge on any atom is 0.310 e. The number of thiazole rings is 1. The molecule has 7 heteroatoms. The number of hydrogen-bond donors (Lipinski definition) is 1. The third kappa shape index (κ3) is 3.69. The van der Waals surface area contributed by atoms with E-state index in [2.05, 4.69) is 4.99 Å². The molecule has 1 aliphatic rings. The number of para-hydroxylation sites is 3. The van der Waals surface area contributed by atoms with Crippen molar-refractivity contribution in [2.24, 2.45) is 4.99 Å². The molecule has 1 N–H and O–H groups in total. The fourth-order valence-electron chi connectivity index (χ4n) is 3.24. The molecule has 148 valence electrons. The van der Waals surface area contributed by atoms with Crippen LogP contribution in [0.3, 0.4) is 0 Å². The minimum absolute atomic E-state index is 0.0618. The minimum Gasteiger partial charge on any atom is -0.493 e. The average Bonchev–Trinajstić information content (AvgIpc) is 3.19. The number of nitrogens with zero attached hydrogens (tertiary/aromatic N) is 2. The van der Waals surface area contributed by atoms with Crippen molar-refractivity contribution in [1.82, 2.24) is 4.57 Å². The molecule has 0 bridgehead atoms. The van der Waals surface area contributed by atoms with Crippen LogP contribution in [0.2, 0.25) is 0 Å². The van der Waals surface area contributed by atoms with Crippen LogP contribution in [0.4, 0.5) is 5.69 Å². The second-order valence-corrected chi connectivity index (χ2v) is 7.47. The van der Waals surface area contributed by atoms with Crippen LogP contribution in [0.25, 0.3) is 11.6 Å². The average molecular weight is 408 g/mol. The standard InChI is InChI=1S/C22H20N2O4S/c1-14-16(15-7-3-4-8-17(15)23-14)13-20-21(25)24(22(26)29-20)11-12-28-19-10-6-5-9-18(19)27-2/h3-10,13,25H,11-12H2,1-2H3/b16-13-. The highest BCUT2D eigenvalue weighted by molar-refractivity contribution is 7.10. The summed E-state index contributed by atoms with van der Waals surface area (Å²) >= 11 is 1.00. The van der Waals surface area contributed by atoms with E-state index >= 15 is 0 Å². The molecule has 1 aliphatic heterocycles. The molecular formula is C22H20N2O4S. The third-order valence-electron chi connectivity index (χ3n) is 4.68. The van der Waals surface area contributed by atoms with Crippen LogP contribution in [0.15, 0.2) is 58.3 Å². The number of benzene rings is 2. The van der Waals surface area contributed by atoms with E-state index < -0.39 is 0 Å². The number of methoxy groups -OCH3 is 1. The van der Waals surface area contributed by atoms with Gasteiger partial charge in [-0.2, -0.15) is 0 Å². The van der Waals surface area contributed by atoms with Crippen molar-refractivity contribution in [3.8, 4) is 17.4 Å². The lowest BCUT2D eigenvalue weighted by molar-refractivity contribution is 0.271. The summed E-state index contributed by atoms with van der Waals surface area (Å²) in [4.78, 5) is 17.2.